The molecule has 0 aromatic rings. The first kappa shape index (κ1) is 12.3. The van der Waals surface area contributed by atoms with E-state index in [9.17, 15) is 0 Å². The number of allylic oxidation sites excluding steroid dienone is 1. The van der Waals surface area contributed by atoms with E-state index in [0.29, 0.717) is 0 Å². The molecule has 2 heteroatoms. The standard InChI is InChI=1S/C6H10NP.C2H6/c1-2-3-6(4-7)5-8;1-2/h5H,2-3,8H2,1H3;1-2H3/b6-5+;. The summed E-state index contributed by atoms with van der Waals surface area (Å²) < 4.78 is 0. The van der Waals surface area contributed by atoms with E-state index in [4.69, 9.17) is 5.26 Å². The fraction of sp³-hybridized carbons (Fsp3) is 0.625. The predicted octanol–water partition coefficient (Wildman–Crippen LogP) is 3.10. The van der Waals surface area contributed by atoms with Crippen molar-refractivity contribution in [3.63, 3.8) is 0 Å². The zero-order valence-corrected chi connectivity index (χ0v) is 8.17. The van der Waals surface area contributed by atoms with Gasteiger partial charge in [0.2, 0.25) is 0 Å². The molecule has 0 radical (unpaired) electrons. The molecule has 0 aromatic carbocycles. The lowest BCUT2D eigenvalue weighted by Gasteiger charge is -1.87. The quantitative estimate of drug-likeness (QED) is 0.446. The van der Waals surface area contributed by atoms with Crippen LogP contribution in [0.4, 0.5) is 0 Å². The summed E-state index contributed by atoms with van der Waals surface area (Å²) in [6, 6.07) is 2.09. The normalized spacial score (nSPS) is 9.30. The van der Waals surface area contributed by atoms with Crippen molar-refractivity contribution < 1.29 is 0 Å². The lowest BCUT2D eigenvalue weighted by Crippen LogP contribution is -1.72. The van der Waals surface area contributed by atoms with Gasteiger partial charge in [-0.2, -0.15) is 5.26 Å². The first-order valence-corrected chi connectivity index (χ1v) is 4.32. The third-order valence-corrected chi connectivity index (χ3v) is 1.27. The maximum atomic E-state index is 8.33. The number of hydrogen-bond donors (Lipinski definition) is 0. The van der Waals surface area contributed by atoms with E-state index in [2.05, 4.69) is 22.2 Å². The van der Waals surface area contributed by atoms with Gasteiger partial charge in [-0.25, -0.2) is 0 Å². The average molecular weight is 157 g/mol. The number of nitriles is 1. The molecule has 0 aliphatic rings. The highest BCUT2D eigenvalue weighted by Gasteiger charge is 1.87. The summed E-state index contributed by atoms with van der Waals surface area (Å²) in [4.78, 5) is 0. The molecule has 0 aliphatic heterocycles. The fourth-order valence-corrected chi connectivity index (χ4v) is 0.687. The molecule has 0 aromatic heterocycles. The Hall–Kier alpha value is -0.340. The van der Waals surface area contributed by atoms with Crippen molar-refractivity contribution in [2.24, 2.45) is 0 Å². The van der Waals surface area contributed by atoms with E-state index < -0.39 is 0 Å². The highest BCUT2D eigenvalue weighted by atomic mass is 31.0. The molecule has 0 spiro atoms. The third-order valence-electron chi connectivity index (χ3n) is 0.864. The van der Waals surface area contributed by atoms with Crippen molar-refractivity contribution in [3.8, 4) is 6.07 Å². The highest BCUT2D eigenvalue weighted by Crippen LogP contribution is 2.04. The van der Waals surface area contributed by atoms with Crippen LogP contribution in [0.1, 0.15) is 33.6 Å². The molecule has 1 nitrogen and oxygen atoms in total. The summed E-state index contributed by atoms with van der Waals surface area (Å²) in [5.74, 6) is 1.78. The Morgan fingerprint density at radius 2 is 2.10 bits per heavy atom. The molecule has 1 atom stereocenters. The molecule has 0 fully saturated rings. The van der Waals surface area contributed by atoms with Gasteiger partial charge in [0.25, 0.3) is 0 Å². The van der Waals surface area contributed by atoms with E-state index in [1.54, 1.807) is 5.82 Å². The summed E-state index contributed by atoms with van der Waals surface area (Å²) in [7, 11) is 2.43. The van der Waals surface area contributed by atoms with Gasteiger partial charge >= 0.3 is 0 Å². The maximum absolute atomic E-state index is 8.33. The van der Waals surface area contributed by atoms with Crippen molar-refractivity contribution in [1.82, 2.24) is 0 Å². The first-order valence-electron chi connectivity index (χ1n) is 3.66. The minimum absolute atomic E-state index is 0.859. The minimum atomic E-state index is 0.859. The molecule has 0 saturated heterocycles. The molecule has 0 heterocycles. The molecule has 0 aliphatic carbocycles. The third kappa shape index (κ3) is 7.66. The van der Waals surface area contributed by atoms with Gasteiger partial charge in [0.05, 0.1) is 6.07 Å². The van der Waals surface area contributed by atoms with E-state index in [0.717, 1.165) is 18.4 Å². The van der Waals surface area contributed by atoms with Crippen LogP contribution in [0.5, 0.6) is 0 Å². The van der Waals surface area contributed by atoms with Crippen LogP contribution in [0.25, 0.3) is 0 Å². The minimum Gasteiger partial charge on any atom is -0.193 e. The zero-order chi connectivity index (χ0) is 8.41. The van der Waals surface area contributed by atoms with Gasteiger partial charge in [-0.15, -0.1) is 9.24 Å². The molecule has 0 rings (SSSR count). The molecule has 0 bridgehead atoms. The van der Waals surface area contributed by atoms with Crippen LogP contribution < -0.4 is 0 Å². The largest absolute Gasteiger partial charge is 0.193 e. The van der Waals surface area contributed by atoms with Crippen molar-refractivity contribution in [1.29, 1.82) is 5.26 Å². The smallest absolute Gasteiger partial charge is 0.0947 e. The van der Waals surface area contributed by atoms with Gasteiger partial charge in [-0.3, -0.25) is 0 Å². The van der Waals surface area contributed by atoms with E-state index in [1.807, 2.05) is 13.8 Å². The van der Waals surface area contributed by atoms with E-state index >= 15 is 0 Å². The molecular weight excluding hydrogens is 141 g/mol. The maximum Gasteiger partial charge on any atom is 0.0947 e. The lowest BCUT2D eigenvalue weighted by atomic mass is 10.2. The summed E-state index contributed by atoms with van der Waals surface area (Å²) in [6.45, 7) is 6.06. The van der Waals surface area contributed by atoms with Crippen molar-refractivity contribution >= 4 is 9.24 Å². The fourth-order valence-electron chi connectivity index (χ4n) is 0.446. The second kappa shape index (κ2) is 11.5. The summed E-state index contributed by atoms with van der Waals surface area (Å²) >= 11 is 0. The summed E-state index contributed by atoms with van der Waals surface area (Å²) in [5, 5.41) is 8.33. The molecular formula is C8H16NP. The van der Waals surface area contributed by atoms with Crippen LogP contribution in [0.3, 0.4) is 0 Å². The molecule has 10 heavy (non-hydrogen) atoms. The molecule has 58 valence electrons. The molecule has 0 amide bonds. The SMILES string of the molecule is CC.CCC/C(C#N)=C\P. The summed E-state index contributed by atoms with van der Waals surface area (Å²) in [5.41, 5.74) is 0.859. The molecule has 1 unspecified atom stereocenters. The van der Waals surface area contributed by atoms with Gasteiger partial charge in [0.1, 0.15) is 0 Å². The van der Waals surface area contributed by atoms with Crippen molar-refractivity contribution in [2.45, 2.75) is 33.6 Å². The molecule has 0 saturated carbocycles. The lowest BCUT2D eigenvalue weighted by molar-refractivity contribution is 0.931. The first-order chi connectivity index (χ1) is 4.85. The van der Waals surface area contributed by atoms with Crippen LogP contribution in [-0.4, -0.2) is 0 Å². The topological polar surface area (TPSA) is 23.8 Å². The van der Waals surface area contributed by atoms with Gasteiger partial charge < -0.3 is 0 Å². The Kier molecular flexibility index (Phi) is 14.1. The Balaban J connectivity index is 0. The van der Waals surface area contributed by atoms with Gasteiger partial charge in [-0.05, 0) is 6.42 Å². The second-order valence-electron chi connectivity index (χ2n) is 1.55. The van der Waals surface area contributed by atoms with Crippen LogP contribution in [0, 0.1) is 11.3 Å². The van der Waals surface area contributed by atoms with Gasteiger partial charge in [0, 0.05) is 5.57 Å². The number of hydrogen-bond acceptors (Lipinski definition) is 1. The monoisotopic (exact) mass is 157 g/mol. The van der Waals surface area contributed by atoms with Crippen molar-refractivity contribution in [2.75, 3.05) is 0 Å². The zero-order valence-electron chi connectivity index (χ0n) is 7.02. The Morgan fingerprint density at radius 1 is 1.60 bits per heavy atom. The van der Waals surface area contributed by atoms with Gasteiger partial charge in [-0.1, -0.05) is 33.0 Å². The molecule has 0 N–H and O–H groups in total. The van der Waals surface area contributed by atoms with Gasteiger partial charge in [0.15, 0.2) is 0 Å². The Morgan fingerprint density at radius 3 is 2.20 bits per heavy atom. The second-order valence-corrected chi connectivity index (χ2v) is 1.89. The predicted molar refractivity (Wildman–Crippen MR) is 49.7 cm³/mol. The van der Waals surface area contributed by atoms with Crippen LogP contribution in [0.2, 0.25) is 0 Å². The van der Waals surface area contributed by atoms with Crippen molar-refractivity contribution in [3.05, 3.63) is 11.4 Å². The number of nitrogens with zero attached hydrogens (tertiary/aromatic N) is 1. The average Bonchev–Trinajstić information content (AvgIpc) is 2.04. The highest BCUT2D eigenvalue weighted by molar-refractivity contribution is 7.20. The Bertz CT molecular complexity index is 122. The van der Waals surface area contributed by atoms with Crippen LogP contribution >= 0.6 is 9.24 Å². The van der Waals surface area contributed by atoms with E-state index in [-0.39, 0.29) is 0 Å². The van der Waals surface area contributed by atoms with Crippen LogP contribution in [-0.2, 0) is 0 Å². The van der Waals surface area contributed by atoms with Crippen LogP contribution in [0.15, 0.2) is 11.4 Å². The number of rotatable bonds is 2. The Labute approximate surface area is 66.3 Å². The summed E-state index contributed by atoms with van der Waals surface area (Å²) in [6.07, 6.45) is 1.95. The van der Waals surface area contributed by atoms with E-state index in [1.165, 1.54) is 0 Å².